The first-order chi connectivity index (χ1) is 13.1. The number of hydrogen-bond acceptors (Lipinski definition) is 2. The van der Waals surface area contributed by atoms with Crippen molar-refractivity contribution in [3.8, 4) is 16.9 Å². The summed E-state index contributed by atoms with van der Waals surface area (Å²) in [6.07, 6.45) is 0. The van der Waals surface area contributed by atoms with Crippen LogP contribution in [0.15, 0.2) is 54.6 Å². The lowest BCUT2D eigenvalue weighted by molar-refractivity contribution is 0.294. The van der Waals surface area contributed by atoms with Gasteiger partial charge in [0.15, 0.2) is 0 Å². The van der Waals surface area contributed by atoms with Crippen molar-refractivity contribution in [2.24, 2.45) is 0 Å². The molecule has 0 atom stereocenters. The summed E-state index contributed by atoms with van der Waals surface area (Å²) in [5, 5.41) is 0.720. The largest absolute Gasteiger partial charge is 0.314 e. The maximum atomic E-state index is 13.4. The van der Waals surface area contributed by atoms with Crippen LogP contribution in [-0.4, -0.2) is 34.1 Å². The Morgan fingerprint density at radius 3 is 2.33 bits per heavy atom. The molecule has 1 saturated heterocycles. The highest BCUT2D eigenvalue weighted by Gasteiger charge is 2.18. The zero-order valence-electron chi connectivity index (χ0n) is 15.3. The summed E-state index contributed by atoms with van der Waals surface area (Å²) in [5.41, 5.74) is 5.69. The van der Waals surface area contributed by atoms with Crippen molar-refractivity contribution in [3.63, 3.8) is 0 Å². The molecule has 0 amide bonds. The van der Waals surface area contributed by atoms with Gasteiger partial charge in [-0.2, -0.15) is 11.8 Å². The van der Waals surface area contributed by atoms with Crippen LogP contribution in [-0.2, 0) is 6.54 Å². The van der Waals surface area contributed by atoms with Crippen LogP contribution in [0, 0.1) is 12.7 Å². The summed E-state index contributed by atoms with van der Waals surface area (Å²) in [7, 11) is 0. The number of rotatable bonds is 4. The van der Waals surface area contributed by atoms with Crippen molar-refractivity contribution in [2.75, 3.05) is 24.6 Å². The van der Waals surface area contributed by atoms with Crippen LogP contribution in [0.2, 0.25) is 5.02 Å². The number of aromatic nitrogens is 1. The molecule has 0 radical (unpaired) electrons. The van der Waals surface area contributed by atoms with Crippen LogP contribution in [0.25, 0.3) is 16.9 Å². The summed E-state index contributed by atoms with van der Waals surface area (Å²) < 4.78 is 15.7. The van der Waals surface area contributed by atoms with E-state index in [1.807, 2.05) is 48.2 Å². The second kappa shape index (κ2) is 8.09. The number of hydrogen-bond donors (Lipinski definition) is 0. The molecule has 27 heavy (non-hydrogen) atoms. The maximum absolute atomic E-state index is 13.4. The van der Waals surface area contributed by atoms with E-state index in [1.54, 1.807) is 0 Å². The van der Waals surface area contributed by atoms with Gasteiger partial charge in [0, 0.05) is 47.5 Å². The van der Waals surface area contributed by atoms with E-state index in [-0.39, 0.29) is 5.82 Å². The van der Waals surface area contributed by atoms with Crippen molar-refractivity contribution in [1.82, 2.24) is 9.47 Å². The summed E-state index contributed by atoms with van der Waals surface area (Å²) in [6.45, 7) is 5.36. The van der Waals surface area contributed by atoms with Gasteiger partial charge in [0.1, 0.15) is 5.82 Å². The molecule has 4 rings (SSSR count). The smallest absolute Gasteiger partial charge is 0.123 e. The van der Waals surface area contributed by atoms with Gasteiger partial charge in [-0.25, -0.2) is 4.39 Å². The first kappa shape index (κ1) is 18.6. The number of thioether (sulfide) groups is 1. The first-order valence-electron chi connectivity index (χ1n) is 9.15. The lowest BCUT2D eigenvalue weighted by atomic mass is 10.1. The molecule has 0 N–H and O–H groups in total. The second-order valence-electron chi connectivity index (χ2n) is 6.85. The van der Waals surface area contributed by atoms with Crippen molar-refractivity contribution < 1.29 is 4.39 Å². The summed E-state index contributed by atoms with van der Waals surface area (Å²) in [4.78, 5) is 2.51. The number of benzene rings is 2. The molecule has 1 aliphatic rings. The number of halogens is 2. The van der Waals surface area contributed by atoms with Crippen LogP contribution >= 0.6 is 23.4 Å². The molecule has 140 valence electrons. The summed E-state index contributed by atoms with van der Waals surface area (Å²) in [5.74, 6) is 2.18. The minimum absolute atomic E-state index is 0.217. The van der Waals surface area contributed by atoms with Gasteiger partial charge in [-0.05, 0) is 72.6 Å². The van der Waals surface area contributed by atoms with E-state index >= 15 is 0 Å². The molecule has 1 fully saturated rings. The Morgan fingerprint density at radius 1 is 1.00 bits per heavy atom. The van der Waals surface area contributed by atoms with Gasteiger partial charge in [0.25, 0.3) is 0 Å². The van der Waals surface area contributed by atoms with Gasteiger partial charge in [-0.15, -0.1) is 0 Å². The SMILES string of the molecule is Cc1c(CN2CCSCC2)cc(-c2ccc(F)cc2)n1-c1ccc(Cl)cc1. The Kier molecular flexibility index (Phi) is 5.58. The highest BCUT2D eigenvalue weighted by molar-refractivity contribution is 7.99. The van der Waals surface area contributed by atoms with Crippen molar-refractivity contribution >= 4 is 23.4 Å². The Morgan fingerprint density at radius 2 is 1.67 bits per heavy atom. The van der Waals surface area contributed by atoms with Gasteiger partial charge in [-0.3, -0.25) is 4.90 Å². The van der Waals surface area contributed by atoms with E-state index in [9.17, 15) is 4.39 Å². The van der Waals surface area contributed by atoms with E-state index in [1.165, 1.54) is 34.9 Å². The van der Waals surface area contributed by atoms with Crippen molar-refractivity contribution in [2.45, 2.75) is 13.5 Å². The summed E-state index contributed by atoms with van der Waals surface area (Å²) >= 11 is 8.11. The molecular formula is C22H22ClFN2S. The van der Waals surface area contributed by atoms with Crippen LogP contribution in [0.5, 0.6) is 0 Å². The summed E-state index contributed by atoms with van der Waals surface area (Å²) in [6, 6.07) is 16.9. The topological polar surface area (TPSA) is 8.17 Å². The molecule has 1 aromatic heterocycles. The average Bonchev–Trinajstić information content (AvgIpc) is 3.00. The molecule has 5 heteroatoms. The Hall–Kier alpha value is -1.75. The third-order valence-corrected chi connectivity index (χ3v) is 6.27. The van der Waals surface area contributed by atoms with Gasteiger partial charge in [-0.1, -0.05) is 11.6 Å². The predicted molar refractivity (Wildman–Crippen MR) is 114 cm³/mol. The van der Waals surface area contributed by atoms with Crippen molar-refractivity contribution in [3.05, 3.63) is 76.7 Å². The normalized spacial score (nSPS) is 15.2. The molecule has 0 bridgehead atoms. The quantitative estimate of drug-likeness (QED) is 0.547. The van der Waals surface area contributed by atoms with Gasteiger partial charge < -0.3 is 4.57 Å². The fourth-order valence-electron chi connectivity index (χ4n) is 3.57. The zero-order valence-corrected chi connectivity index (χ0v) is 16.9. The molecule has 1 aliphatic heterocycles. The molecule has 3 aromatic rings. The van der Waals surface area contributed by atoms with Crippen LogP contribution in [0.1, 0.15) is 11.3 Å². The Labute approximate surface area is 169 Å². The Balaban J connectivity index is 1.78. The average molecular weight is 401 g/mol. The van der Waals surface area contributed by atoms with Gasteiger partial charge in [0.2, 0.25) is 0 Å². The highest BCUT2D eigenvalue weighted by Crippen LogP contribution is 2.31. The molecule has 2 heterocycles. The third-order valence-electron chi connectivity index (χ3n) is 5.07. The lowest BCUT2D eigenvalue weighted by Gasteiger charge is -2.26. The molecular weight excluding hydrogens is 379 g/mol. The fraction of sp³-hybridized carbons (Fsp3) is 0.273. The molecule has 0 unspecified atom stereocenters. The lowest BCUT2D eigenvalue weighted by Crippen LogP contribution is -2.32. The second-order valence-corrected chi connectivity index (χ2v) is 8.51. The van der Waals surface area contributed by atoms with Crippen molar-refractivity contribution in [1.29, 1.82) is 0 Å². The molecule has 2 aromatic carbocycles. The van der Waals surface area contributed by atoms with Crippen LogP contribution < -0.4 is 0 Å². The van der Waals surface area contributed by atoms with E-state index in [0.29, 0.717) is 0 Å². The van der Waals surface area contributed by atoms with Crippen LogP contribution in [0.4, 0.5) is 4.39 Å². The monoisotopic (exact) mass is 400 g/mol. The molecule has 0 saturated carbocycles. The third kappa shape index (κ3) is 4.08. The predicted octanol–water partition coefficient (Wildman–Crippen LogP) is 5.79. The molecule has 2 nitrogen and oxygen atoms in total. The van der Waals surface area contributed by atoms with Gasteiger partial charge in [0.05, 0.1) is 5.69 Å². The van der Waals surface area contributed by atoms with E-state index in [0.717, 1.165) is 41.6 Å². The van der Waals surface area contributed by atoms with Gasteiger partial charge >= 0.3 is 0 Å². The zero-order chi connectivity index (χ0) is 18.8. The molecule has 0 aliphatic carbocycles. The minimum atomic E-state index is -0.217. The first-order valence-corrected chi connectivity index (χ1v) is 10.7. The molecule has 0 spiro atoms. The highest BCUT2D eigenvalue weighted by atomic mass is 35.5. The van der Waals surface area contributed by atoms with Crippen LogP contribution in [0.3, 0.4) is 0 Å². The fourth-order valence-corrected chi connectivity index (χ4v) is 4.68. The van der Waals surface area contributed by atoms with E-state index < -0.39 is 0 Å². The number of nitrogens with zero attached hydrogens (tertiary/aromatic N) is 2. The maximum Gasteiger partial charge on any atom is 0.123 e. The van der Waals surface area contributed by atoms with E-state index in [2.05, 4.69) is 22.5 Å². The Bertz CT molecular complexity index is 913. The van der Waals surface area contributed by atoms with E-state index in [4.69, 9.17) is 11.6 Å². The minimum Gasteiger partial charge on any atom is -0.314 e. The standard InChI is InChI=1S/C22H22ClFN2S/c1-16-18(15-25-10-12-27-13-11-25)14-22(17-2-6-20(24)7-3-17)26(16)21-8-4-19(23)5-9-21/h2-9,14H,10-13,15H2,1H3.